The number of hydrogen-bond acceptors (Lipinski definition) is 0. The van der Waals surface area contributed by atoms with Crippen molar-refractivity contribution >= 4 is 46.1 Å². The van der Waals surface area contributed by atoms with E-state index in [0.29, 0.717) is 0 Å². The van der Waals surface area contributed by atoms with Crippen LogP contribution in [0.15, 0.2) is 85.5 Å². The molecule has 0 aliphatic heterocycles. The molecule has 0 aliphatic rings. The second kappa shape index (κ2) is 8.04. The first-order valence-corrected chi connectivity index (χ1v) is 10.0. The van der Waals surface area contributed by atoms with Crippen LogP contribution in [0.2, 0.25) is 0 Å². The van der Waals surface area contributed by atoms with Gasteiger partial charge in [0.25, 0.3) is 0 Å². The van der Waals surface area contributed by atoms with Gasteiger partial charge in [-0.25, -0.2) is 9.13 Å². The van der Waals surface area contributed by atoms with Gasteiger partial charge < -0.3 is 4.98 Å². The molecule has 3 heterocycles. The number of pyridine rings is 2. The molecule has 3 nitrogen and oxygen atoms in total. The lowest BCUT2D eigenvalue weighted by atomic mass is 10.1. The Morgan fingerprint density at radius 3 is 1.42 bits per heavy atom. The van der Waals surface area contributed by atoms with Gasteiger partial charge in [-0.05, 0) is 46.5 Å². The molecule has 0 radical (unpaired) electrons. The predicted molar refractivity (Wildman–Crippen MR) is 129 cm³/mol. The number of nitrogens with one attached hydrogen (secondary N) is 1. The van der Waals surface area contributed by atoms with Gasteiger partial charge in [-0.3, -0.25) is 0 Å². The summed E-state index contributed by atoms with van der Waals surface area (Å²) in [7, 11) is 0. The first kappa shape index (κ1) is 13.3. The van der Waals surface area contributed by atoms with E-state index in [1.807, 2.05) is 36.4 Å². The van der Waals surface area contributed by atoms with Gasteiger partial charge in [0.2, 0.25) is 0 Å². The SMILES string of the molecule is [2H]C([2H])([2H])[n+]1ccc(/C=C/c2ccc3[nH]c4ccc(/C=C/c5cc[n+](C([2H])([2H])[2H])cc5)cc4c3c2)cc1. The van der Waals surface area contributed by atoms with E-state index < -0.39 is 14.0 Å². The Balaban J connectivity index is 1.40. The maximum atomic E-state index is 7.47. The van der Waals surface area contributed by atoms with E-state index in [1.165, 1.54) is 9.13 Å². The largest absolute Gasteiger partial charge is 0.355 e. The highest BCUT2D eigenvalue weighted by atomic mass is 14.9. The van der Waals surface area contributed by atoms with Gasteiger partial charge >= 0.3 is 0 Å². The number of aromatic amines is 1. The Morgan fingerprint density at radius 1 is 0.581 bits per heavy atom. The van der Waals surface area contributed by atoms with Crippen molar-refractivity contribution in [3.05, 3.63) is 108 Å². The number of fused-ring (bicyclic) bond motifs is 3. The van der Waals surface area contributed by atoms with E-state index in [2.05, 4.69) is 29.2 Å². The van der Waals surface area contributed by atoms with E-state index in [-0.39, 0.29) is 0 Å². The minimum absolute atomic E-state index is 0.914. The van der Waals surface area contributed by atoms with Crippen LogP contribution in [0, 0.1) is 0 Å². The molecule has 150 valence electrons. The molecule has 0 aliphatic carbocycles. The molecule has 31 heavy (non-hydrogen) atoms. The monoisotopic (exact) mass is 409 g/mol. The van der Waals surface area contributed by atoms with E-state index in [1.54, 1.807) is 49.1 Å². The molecule has 0 unspecified atom stereocenters. The molecule has 5 aromatic rings. The second-order valence-electron chi connectivity index (χ2n) is 7.48. The average Bonchev–Trinajstić information content (AvgIpc) is 3.23. The van der Waals surface area contributed by atoms with Crippen molar-refractivity contribution in [2.24, 2.45) is 14.0 Å². The molecule has 1 N–H and O–H groups in total. The third-order valence-electron chi connectivity index (χ3n) is 5.29. The third-order valence-corrected chi connectivity index (χ3v) is 5.29. The lowest BCUT2D eigenvalue weighted by molar-refractivity contribution is -0.671. The summed E-state index contributed by atoms with van der Waals surface area (Å²) in [6, 6.07) is 19.6. The van der Waals surface area contributed by atoms with E-state index in [9.17, 15) is 0 Å². The maximum Gasteiger partial charge on any atom is 0.169 e. The van der Waals surface area contributed by atoms with E-state index in [0.717, 1.165) is 44.1 Å². The molecule has 0 amide bonds. The van der Waals surface area contributed by atoms with Gasteiger partial charge in [0, 0.05) is 46.1 Å². The van der Waals surface area contributed by atoms with Crippen LogP contribution < -0.4 is 9.13 Å². The van der Waals surface area contributed by atoms with Crippen molar-refractivity contribution in [2.75, 3.05) is 0 Å². The van der Waals surface area contributed by atoms with Crippen LogP contribution in [-0.4, -0.2) is 4.98 Å². The highest BCUT2D eigenvalue weighted by Gasteiger charge is 2.05. The normalized spacial score (nSPS) is 15.6. The van der Waals surface area contributed by atoms with Crippen molar-refractivity contribution in [2.45, 2.75) is 0 Å². The molecule has 0 spiro atoms. The molecule has 3 aromatic heterocycles. The topological polar surface area (TPSA) is 23.5 Å². The van der Waals surface area contributed by atoms with E-state index in [4.69, 9.17) is 8.22 Å². The van der Waals surface area contributed by atoms with Crippen LogP contribution in [0.1, 0.15) is 30.5 Å². The molecular weight excluding hydrogens is 378 g/mol. The lowest BCUT2D eigenvalue weighted by Crippen LogP contribution is -2.25. The maximum absolute atomic E-state index is 7.47. The zero-order valence-electron chi connectivity index (χ0n) is 22.8. The van der Waals surface area contributed by atoms with Gasteiger partial charge in [0.15, 0.2) is 24.8 Å². The molecule has 2 aromatic carbocycles. The minimum Gasteiger partial charge on any atom is -0.355 e. The quantitative estimate of drug-likeness (QED) is 0.389. The van der Waals surface area contributed by atoms with Crippen LogP contribution in [0.4, 0.5) is 0 Å². The van der Waals surface area contributed by atoms with Gasteiger partial charge in [0.1, 0.15) is 22.2 Å². The number of nitrogens with zero attached hydrogens (tertiary/aromatic N) is 2. The Labute approximate surface area is 190 Å². The fourth-order valence-corrected chi connectivity index (χ4v) is 3.62. The van der Waals surface area contributed by atoms with Crippen LogP contribution in [0.3, 0.4) is 0 Å². The summed E-state index contributed by atoms with van der Waals surface area (Å²) in [6.45, 7) is -4.36. The summed E-state index contributed by atoms with van der Waals surface area (Å²) in [5, 5.41) is 2.22. The van der Waals surface area contributed by atoms with Gasteiger partial charge in [0.05, 0.1) is 0 Å². The molecule has 0 atom stereocenters. The highest BCUT2D eigenvalue weighted by molar-refractivity contribution is 6.08. The number of aryl methyl sites for hydroxylation is 2. The number of rotatable bonds is 4. The van der Waals surface area contributed by atoms with Crippen molar-refractivity contribution in [3.63, 3.8) is 0 Å². The lowest BCUT2D eigenvalue weighted by Gasteiger charge is -1.98. The Hall–Kier alpha value is -3.98. The van der Waals surface area contributed by atoms with E-state index >= 15 is 0 Å². The Kier molecular flexibility index (Phi) is 3.46. The molecule has 0 fully saturated rings. The second-order valence-corrected chi connectivity index (χ2v) is 7.48. The zero-order chi connectivity index (χ0) is 26.2. The van der Waals surface area contributed by atoms with Crippen LogP contribution in [0.25, 0.3) is 46.1 Å². The van der Waals surface area contributed by atoms with Crippen LogP contribution >= 0.6 is 0 Å². The van der Waals surface area contributed by atoms with Crippen LogP contribution in [0.5, 0.6) is 0 Å². The number of hydrogen-bond donors (Lipinski definition) is 1. The molecule has 0 saturated heterocycles. The summed E-state index contributed by atoms with van der Waals surface area (Å²) >= 11 is 0. The van der Waals surface area contributed by atoms with Gasteiger partial charge in [-0.15, -0.1) is 0 Å². The summed E-state index contributed by atoms with van der Waals surface area (Å²) < 4.78 is 47.2. The first-order valence-electron chi connectivity index (χ1n) is 13.0. The number of H-pyrrole nitrogens is 1. The summed E-state index contributed by atoms with van der Waals surface area (Å²) in [5.74, 6) is 0. The van der Waals surface area contributed by atoms with Crippen molar-refractivity contribution in [1.82, 2.24) is 4.98 Å². The van der Waals surface area contributed by atoms with Gasteiger partial charge in [-0.1, -0.05) is 36.4 Å². The number of aromatic nitrogens is 3. The zero-order valence-corrected chi connectivity index (χ0v) is 16.8. The fourth-order valence-electron chi connectivity index (χ4n) is 3.62. The highest BCUT2D eigenvalue weighted by Crippen LogP contribution is 2.28. The van der Waals surface area contributed by atoms with Crippen molar-refractivity contribution in [3.8, 4) is 0 Å². The predicted octanol–water partition coefficient (Wildman–Crippen LogP) is 5.31. The minimum atomic E-state index is -2.18. The molecule has 3 heteroatoms. The standard InChI is InChI=1S/C28H24N3/c1-30-15-11-21(12-16-30)3-5-23-7-9-27-25(19-23)26-20-24(8-10-28(26)29-27)6-4-22-13-17-31(2)18-14-22/h3-20H,1-2H3/q+1/p+1/i1D3,2D3. The smallest absolute Gasteiger partial charge is 0.169 e. The summed E-state index contributed by atoms with van der Waals surface area (Å²) in [5.41, 5.74) is 5.99. The van der Waals surface area contributed by atoms with Crippen molar-refractivity contribution < 1.29 is 17.4 Å². The molecule has 5 rings (SSSR count). The molecule has 0 saturated carbocycles. The van der Waals surface area contributed by atoms with Crippen LogP contribution in [-0.2, 0) is 14.0 Å². The number of benzene rings is 2. The Morgan fingerprint density at radius 2 is 1.00 bits per heavy atom. The summed E-state index contributed by atoms with van der Waals surface area (Å²) in [4.78, 5) is 3.46. The average molecular weight is 410 g/mol. The summed E-state index contributed by atoms with van der Waals surface area (Å²) in [6.07, 6.45) is 14.2. The molecular formula is C28H25N3+2. The third kappa shape index (κ3) is 4.17. The molecule has 0 bridgehead atoms. The van der Waals surface area contributed by atoms with Gasteiger partial charge in [-0.2, -0.15) is 0 Å². The Bertz CT molecular complexity index is 1500. The fraction of sp³-hybridized carbons (Fsp3) is 0.0714. The first-order chi connectivity index (χ1) is 17.6. The van der Waals surface area contributed by atoms with Crippen molar-refractivity contribution in [1.29, 1.82) is 0 Å².